The standard InChI is InChI=1S/C21H18N2O5S/c1-13-7-9-16(10-8-13)29(27,28)22-12-14-11-17-18(19(14)24)21(26)23(20(17)25)15-5-3-2-4-6-15/h2-11,17-18,22H,12H2,1H3/t17-,18-/m1/s1. The van der Waals surface area contributed by atoms with E-state index in [-0.39, 0.29) is 17.0 Å². The molecule has 2 amide bonds. The van der Waals surface area contributed by atoms with Gasteiger partial charge in [-0.3, -0.25) is 14.4 Å². The molecule has 0 bridgehead atoms. The number of aryl methyl sites for hydroxylation is 1. The molecule has 7 nitrogen and oxygen atoms in total. The van der Waals surface area contributed by atoms with Crippen LogP contribution in [0.1, 0.15) is 5.56 Å². The van der Waals surface area contributed by atoms with Crippen molar-refractivity contribution >= 4 is 33.3 Å². The Morgan fingerprint density at radius 3 is 2.21 bits per heavy atom. The highest BCUT2D eigenvalue weighted by molar-refractivity contribution is 7.89. The number of benzene rings is 2. The molecule has 0 aromatic heterocycles. The number of carbonyl (C=O) groups excluding carboxylic acids is 3. The Kier molecular flexibility index (Phi) is 4.68. The number of carbonyl (C=O) groups is 3. The lowest BCUT2D eigenvalue weighted by Crippen LogP contribution is -2.34. The van der Waals surface area contributed by atoms with E-state index in [0.29, 0.717) is 5.69 Å². The van der Waals surface area contributed by atoms with Gasteiger partial charge in [0.25, 0.3) is 0 Å². The van der Waals surface area contributed by atoms with Crippen molar-refractivity contribution in [1.82, 2.24) is 4.72 Å². The van der Waals surface area contributed by atoms with Gasteiger partial charge in [0.15, 0.2) is 5.78 Å². The Labute approximate surface area is 168 Å². The summed E-state index contributed by atoms with van der Waals surface area (Å²) in [6.07, 6.45) is 1.41. The van der Waals surface area contributed by atoms with Crippen LogP contribution >= 0.6 is 0 Å². The van der Waals surface area contributed by atoms with Crippen LogP contribution in [0.5, 0.6) is 0 Å². The SMILES string of the molecule is Cc1ccc(S(=O)(=O)NCC2=C[C@H]3C(=O)N(c4ccccc4)C(=O)[C@H]3C2=O)cc1. The monoisotopic (exact) mass is 410 g/mol. The van der Waals surface area contributed by atoms with Crippen molar-refractivity contribution < 1.29 is 22.8 Å². The van der Waals surface area contributed by atoms with Crippen LogP contribution in [-0.4, -0.2) is 32.6 Å². The first kappa shape index (κ1) is 19.2. The Bertz CT molecular complexity index is 1140. The van der Waals surface area contributed by atoms with Gasteiger partial charge in [0.05, 0.1) is 16.5 Å². The van der Waals surface area contributed by atoms with E-state index in [2.05, 4.69) is 4.72 Å². The normalized spacial score (nSPS) is 21.5. The summed E-state index contributed by atoms with van der Waals surface area (Å²) < 4.78 is 27.2. The Hall–Kier alpha value is -3.10. The van der Waals surface area contributed by atoms with E-state index in [1.807, 2.05) is 6.92 Å². The fraction of sp³-hybridized carbons (Fsp3) is 0.190. The van der Waals surface area contributed by atoms with Gasteiger partial charge in [0.2, 0.25) is 21.8 Å². The summed E-state index contributed by atoms with van der Waals surface area (Å²) >= 11 is 0. The summed E-state index contributed by atoms with van der Waals surface area (Å²) in [6, 6.07) is 14.7. The topological polar surface area (TPSA) is 101 Å². The van der Waals surface area contributed by atoms with Gasteiger partial charge in [-0.25, -0.2) is 18.0 Å². The molecular formula is C21H18N2O5S. The molecule has 0 radical (unpaired) electrons. The first-order chi connectivity index (χ1) is 13.8. The number of anilines is 1. The molecule has 0 spiro atoms. The number of imide groups is 1. The molecule has 1 aliphatic carbocycles. The van der Waals surface area contributed by atoms with Crippen LogP contribution < -0.4 is 9.62 Å². The number of Topliss-reactive ketones (excluding diaryl/α,β-unsaturated/α-hetero) is 1. The van der Waals surface area contributed by atoms with Crippen molar-refractivity contribution in [2.45, 2.75) is 11.8 Å². The molecule has 1 fully saturated rings. The zero-order chi connectivity index (χ0) is 20.8. The number of nitrogens with zero attached hydrogens (tertiary/aromatic N) is 1. The highest BCUT2D eigenvalue weighted by Crippen LogP contribution is 2.38. The third-order valence-electron chi connectivity index (χ3n) is 5.13. The molecule has 148 valence electrons. The Balaban J connectivity index is 1.53. The lowest BCUT2D eigenvalue weighted by molar-refractivity contribution is -0.128. The van der Waals surface area contributed by atoms with Crippen LogP contribution in [0.15, 0.2) is 71.1 Å². The molecule has 2 aromatic carbocycles. The molecule has 1 aliphatic heterocycles. The third-order valence-corrected chi connectivity index (χ3v) is 6.55. The molecule has 1 saturated heterocycles. The smallest absolute Gasteiger partial charge is 0.245 e. The van der Waals surface area contributed by atoms with Crippen LogP contribution in [0.25, 0.3) is 0 Å². The average molecular weight is 410 g/mol. The molecule has 0 unspecified atom stereocenters. The predicted molar refractivity (Wildman–Crippen MR) is 105 cm³/mol. The molecule has 4 rings (SSSR count). The summed E-state index contributed by atoms with van der Waals surface area (Å²) in [7, 11) is -3.82. The number of fused-ring (bicyclic) bond motifs is 1. The molecule has 29 heavy (non-hydrogen) atoms. The molecule has 1 N–H and O–H groups in total. The number of rotatable bonds is 5. The summed E-state index contributed by atoms with van der Waals surface area (Å²) in [4.78, 5) is 39.3. The van der Waals surface area contributed by atoms with Crippen LogP contribution in [0.3, 0.4) is 0 Å². The Morgan fingerprint density at radius 1 is 0.931 bits per heavy atom. The average Bonchev–Trinajstić information content (AvgIpc) is 3.16. The molecule has 2 atom stereocenters. The van der Waals surface area contributed by atoms with E-state index in [1.54, 1.807) is 42.5 Å². The molecular weight excluding hydrogens is 392 g/mol. The maximum atomic E-state index is 12.7. The second-order valence-corrected chi connectivity index (χ2v) is 8.81. The molecule has 2 aromatic rings. The van der Waals surface area contributed by atoms with Crippen LogP contribution in [0.2, 0.25) is 0 Å². The number of hydrogen-bond acceptors (Lipinski definition) is 5. The second kappa shape index (κ2) is 7.06. The number of ketones is 1. The first-order valence-corrected chi connectivity index (χ1v) is 10.5. The van der Waals surface area contributed by atoms with Gasteiger partial charge in [-0.1, -0.05) is 42.0 Å². The summed E-state index contributed by atoms with van der Waals surface area (Å²) in [5.74, 6) is -3.59. The minimum absolute atomic E-state index is 0.0803. The maximum absolute atomic E-state index is 12.7. The van der Waals surface area contributed by atoms with Crippen molar-refractivity contribution in [2.75, 3.05) is 11.4 Å². The van der Waals surface area contributed by atoms with Gasteiger partial charge in [-0.2, -0.15) is 0 Å². The number of hydrogen-bond donors (Lipinski definition) is 1. The highest BCUT2D eigenvalue weighted by Gasteiger charge is 2.54. The number of nitrogens with one attached hydrogen (secondary N) is 1. The molecule has 1 heterocycles. The summed E-state index contributed by atoms with van der Waals surface area (Å²) in [5, 5.41) is 0. The number of para-hydroxylation sites is 1. The van der Waals surface area contributed by atoms with Gasteiger partial charge in [0.1, 0.15) is 5.92 Å². The van der Waals surface area contributed by atoms with Gasteiger partial charge in [-0.05, 0) is 31.2 Å². The fourth-order valence-corrected chi connectivity index (χ4v) is 4.59. The van der Waals surface area contributed by atoms with E-state index in [4.69, 9.17) is 0 Å². The minimum Gasteiger partial charge on any atom is -0.294 e. The fourth-order valence-electron chi connectivity index (χ4n) is 3.59. The van der Waals surface area contributed by atoms with Gasteiger partial charge < -0.3 is 0 Å². The van der Waals surface area contributed by atoms with E-state index in [1.165, 1.54) is 18.2 Å². The first-order valence-electron chi connectivity index (χ1n) is 9.04. The largest absolute Gasteiger partial charge is 0.294 e. The lowest BCUT2D eigenvalue weighted by Gasteiger charge is -2.15. The van der Waals surface area contributed by atoms with Gasteiger partial charge >= 0.3 is 0 Å². The lowest BCUT2D eigenvalue weighted by atomic mass is 9.97. The van der Waals surface area contributed by atoms with Crippen molar-refractivity contribution in [1.29, 1.82) is 0 Å². The van der Waals surface area contributed by atoms with Crippen molar-refractivity contribution in [3.8, 4) is 0 Å². The van der Waals surface area contributed by atoms with E-state index < -0.39 is 39.5 Å². The van der Waals surface area contributed by atoms with Gasteiger partial charge in [0, 0.05) is 12.1 Å². The van der Waals surface area contributed by atoms with E-state index in [9.17, 15) is 22.8 Å². The number of amides is 2. The van der Waals surface area contributed by atoms with Gasteiger partial charge in [-0.15, -0.1) is 0 Å². The molecule has 2 aliphatic rings. The minimum atomic E-state index is -3.82. The molecule has 0 saturated carbocycles. The van der Waals surface area contributed by atoms with Crippen molar-refractivity contribution in [3.05, 3.63) is 71.8 Å². The van der Waals surface area contributed by atoms with Crippen LogP contribution in [0.4, 0.5) is 5.69 Å². The second-order valence-electron chi connectivity index (χ2n) is 7.04. The zero-order valence-electron chi connectivity index (χ0n) is 15.5. The number of sulfonamides is 1. The predicted octanol–water partition coefficient (Wildman–Crippen LogP) is 1.59. The molecule has 8 heteroatoms. The van der Waals surface area contributed by atoms with E-state index >= 15 is 0 Å². The zero-order valence-corrected chi connectivity index (χ0v) is 16.3. The van der Waals surface area contributed by atoms with Crippen LogP contribution in [-0.2, 0) is 24.4 Å². The third kappa shape index (κ3) is 3.30. The highest BCUT2D eigenvalue weighted by atomic mass is 32.2. The van der Waals surface area contributed by atoms with Crippen molar-refractivity contribution in [2.24, 2.45) is 11.8 Å². The quantitative estimate of drug-likeness (QED) is 0.596. The van der Waals surface area contributed by atoms with Crippen LogP contribution in [0, 0.1) is 18.8 Å². The maximum Gasteiger partial charge on any atom is 0.245 e. The Morgan fingerprint density at radius 2 is 1.59 bits per heavy atom. The van der Waals surface area contributed by atoms with Crippen molar-refractivity contribution in [3.63, 3.8) is 0 Å². The summed E-state index contributed by atoms with van der Waals surface area (Å²) in [5.41, 5.74) is 1.47. The summed E-state index contributed by atoms with van der Waals surface area (Å²) in [6.45, 7) is 1.57. The van der Waals surface area contributed by atoms with E-state index in [0.717, 1.165) is 10.5 Å².